The zero-order chi connectivity index (χ0) is 14.8. The molecule has 2 rings (SSSR count). The Bertz CT molecular complexity index is 585. The highest BCUT2D eigenvalue weighted by atomic mass is 32.2. The van der Waals surface area contributed by atoms with Crippen LogP contribution >= 0.6 is 0 Å². The van der Waals surface area contributed by atoms with E-state index >= 15 is 0 Å². The third kappa shape index (κ3) is 2.97. The maximum Gasteiger partial charge on any atom is 0.269 e. The second-order valence-electron chi connectivity index (χ2n) is 4.83. The smallest absolute Gasteiger partial charge is 0.269 e. The van der Waals surface area contributed by atoms with Crippen molar-refractivity contribution in [3.63, 3.8) is 0 Å². The Labute approximate surface area is 117 Å². The molecule has 20 heavy (non-hydrogen) atoms. The normalized spacial score (nSPS) is 20.1. The molecule has 0 aromatic heterocycles. The minimum absolute atomic E-state index is 0.105. The fraction of sp³-hybridized carbons (Fsp3) is 0.500. The lowest BCUT2D eigenvalue weighted by molar-refractivity contribution is -0.384. The minimum Gasteiger partial charge on any atom is -0.319 e. The van der Waals surface area contributed by atoms with E-state index in [1.165, 1.54) is 28.6 Å². The molecule has 1 heterocycles. The van der Waals surface area contributed by atoms with Crippen LogP contribution in [-0.2, 0) is 10.0 Å². The van der Waals surface area contributed by atoms with Gasteiger partial charge in [-0.25, -0.2) is 8.42 Å². The first-order chi connectivity index (χ1) is 9.45. The first kappa shape index (κ1) is 14.9. The van der Waals surface area contributed by atoms with Crippen LogP contribution in [0.1, 0.15) is 6.42 Å². The summed E-state index contributed by atoms with van der Waals surface area (Å²) in [5, 5.41) is 13.6. The van der Waals surface area contributed by atoms with Crippen LogP contribution in [0.15, 0.2) is 29.2 Å². The van der Waals surface area contributed by atoms with Crippen molar-refractivity contribution in [2.45, 2.75) is 11.3 Å². The summed E-state index contributed by atoms with van der Waals surface area (Å²) in [6.07, 6.45) is 0.826. The summed E-state index contributed by atoms with van der Waals surface area (Å²) in [6.45, 7) is 1.76. The molecule has 0 spiro atoms. The van der Waals surface area contributed by atoms with Crippen molar-refractivity contribution in [2.75, 3.05) is 26.7 Å². The molecule has 1 unspecified atom stereocenters. The second kappa shape index (κ2) is 5.86. The van der Waals surface area contributed by atoms with E-state index in [2.05, 4.69) is 5.32 Å². The van der Waals surface area contributed by atoms with Crippen LogP contribution in [0.25, 0.3) is 0 Å². The predicted molar refractivity (Wildman–Crippen MR) is 73.9 cm³/mol. The van der Waals surface area contributed by atoms with Crippen molar-refractivity contribution in [2.24, 2.45) is 5.92 Å². The molecule has 0 aliphatic carbocycles. The van der Waals surface area contributed by atoms with E-state index in [-0.39, 0.29) is 10.6 Å². The molecule has 1 atom stereocenters. The number of benzene rings is 1. The van der Waals surface area contributed by atoms with Crippen LogP contribution in [0, 0.1) is 16.0 Å². The molecule has 7 nitrogen and oxygen atoms in total. The number of nitro benzene ring substituents is 1. The van der Waals surface area contributed by atoms with Gasteiger partial charge in [-0.05, 0) is 38.1 Å². The van der Waals surface area contributed by atoms with Gasteiger partial charge in [-0.2, -0.15) is 4.31 Å². The van der Waals surface area contributed by atoms with Gasteiger partial charge in [0.15, 0.2) is 0 Å². The molecule has 1 aliphatic rings. The monoisotopic (exact) mass is 299 g/mol. The Morgan fingerprint density at radius 3 is 2.60 bits per heavy atom. The first-order valence-electron chi connectivity index (χ1n) is 6.34. The number of nitro groups is 1. The summed E-state index contributed by atoms with van der Waals surface area (Å²) in [5.41, 5.74) is -0.113. The zero-order valence-electron chi connectivity index (χ0n) is 11.2. The summed E-state index contributed by atoms with van der Waals surface area (Å²) in [5.74, 6) is 0.313. The SMILES string of the molecule is CNCC1CCN(S(=O)(=O)c2ccc([N+](=O)[O-])cc2)C1. The number of rotatable bonds is 5. The van der Waals surface area contributed by atoms with E-state index in [0.29, 0.717) is 19.0 Å². The minimum atomic E-state index is -3.55. The molecule has 1 saturated heterocycles. The molecule has 0 radical (unpaired) electrons. The largest absolute Gasteiger partial charge is 0.319 e. The summed E-state index contributed by atoms with van der Waals surface area (Å²) in [7, 11) is -1.71. The van der Waals surface area contributed by atoms with Gasteiger partial charge in [-0.1, -0.05) is 0 Å². The van der Waals surface area contributed by atoms with Gasteiger partial charge in [0, 0.05) is 25.2 Å². The van der Waals surface area contributed by atoms with Gasteiger partial charge >= 0.3 is 0 Å². The Hall–Kier alpha value is -1.51. The topological polar surface area (TPSA) is 92.6 Å². The highest BCUT2D eigenvalue weighted by molar-refractivity contribution is 7.89. The number of sulfonamides is 1. The molecular formula is C12H17N3O4S. The number of nitrogens with zero attached hydrogens (tertiary/aromatic N) is 2. The van der Waals surface area contributed by atoms with Gasteiger partial charge in [0.1, 0.15) is 0 Å². The van der Waals surface area contributed by atoms with Crippen molar-refractivity contribution in [3.8, 4) is 0 Å². The lowest BCUT2D eigenvalue weighted by Gasteiger charge is -2.16. The lowest BCUT2D eigenvalue weighted by atomic mass is 10.1. The molecular weight excluding hydrogens is 282 g/mol. The third-order valence-corrected chi connectivity index (χ3v) is 5.31. The van der Waals surface area contributed by atoms with Crippen molar-refractivity contribution >= 4 is 15.7 Å². The van der Waals surface area contributed by atoms with Gasteiger partial charge < -0.3 is 5.32 Å². The molecule has 1 aromatic carbocycles. The Morgan fingerprint density at radius 1 is 1.40 bits per heavy atom. The van der Waals surface area contributed by atoms with Crippen LogP contribution in [0.3, 0.4) is 0 Å². The molecule has 1 aromatic rings. The van der Waals surface area contributed by atoms with Crippen LogP contribution in [0.4, 0.5) is 5.69 Å². The van der Waals surface area contributed by atoms with Crippen molar-refractivity contribution in [1.82, 2.24) is 9.62 Å². The zero-order valence-corrected chi connectivity index (χ0v) is 12.0. The molecule has 110 valence electrons. The maximum atomic E-state index is 12.4. The van der Waals surface area contributed by atoms with Crippen molar-refractivity contribution < 1.29 is 13.3 Å². The second-order valence-corrected chi connectivity index (χ2v) is 6.76. The highest BCUT2D eigenvalue weighted by Gasteiger charge is 2.32. The fourth-order valence-electron chi connectivity index (χ4n) is 2.36. The average molecular weight is 299 g/mol. The van der Waals surface area contributed by atoms with Gasteiger partial charge in [0.05, 0.1) is 9.82 Å². The van der Waals surface area contributed by atoms with Crippen LogP contribution in [-0.4, -0.2) is 44.3 Å². The number of nitrogens with one attached hydrogen (secondary N) is 1. The quantitative estimate of drug-likeness (QED) is 0.642. The van der Waals surface area contributed by atoms with Gasteiger partial charge in [0.2, 0.25) is 10.0 Å². The summed E-state index contributed by atoms with van der Waals surface area (Å²) in [4.78, 5) is 10.1. The standard InChI is InChI=1S/C12H17N3O4S/c1-13-8-10-6-7-14(9-10)20(18,19)12-4-2-11(3-5-12)15(16)17/h2-5,10,13H,6-9H2,1H3. The Morgan fingerprint density at radius 2 is 2.05 bits per heavy atom. The van der Waals surface area contributed by atoms with Gasteiger partial charge in [-0.3, -0.25) is 10.1 Å². The molecule has 0 amide bonds. The van der Waals surface area contributed by atoms with Crippen molar-refractivity contribution in [1.29, 1.82) is 0 Å². The van der Waals surface area contributed by atoms with E-state index in [4.69, 9.17) is 0 Å². The molecule has 0 saturated carbocycles. The number of non-ortho nitro benzene ring substituents is 1. The third-order valence-electron chi connectivity index (χ3n) is 3.43. The Balaban J connectivity index is 2.16. The van der Waals surface area contributed by atoms with E-state index in [0.717, 1.165) is 13.0 Å². The first-order valence-corrected chi connectivity index (χ1v) is 7.78. The van der Waals surface area contributed by atoms with E-state index in [1.54, 1.807) is 0 Å². The van der Waals surface area contributed by atoms with Crippen LogP contribution < -0.4 is 5.32 Å². The van der Waals surface area contributed by atoms with E-state index in [1.807, 2.05) is 7.05 Å². The maximum absolute atomic E-state index is 12.4. The molecule has 0 bridgehead atoms. The summed E-state index contributed by atoms with van der Waals surface area (Å²) >= 11 is 0. The highest BCUT2D eigenvalue weighted by Crippen LogP contribution is 2.25. The van der Waals surface area contributed by atoms with E-state index < -0.39 is 14.9 Å². The predicted octanol–water partition coefficient (Wildman–Crippen LogP) is 0.825. The van der Waals surface area contributed by atoms with Gasteiger partial charge in [-0.15, -0.1) is 0 Å². The molecule has 1 N–H and O–H groups in total. The summed E-state index contributed by atoms with van der Waals surface area (Å²) in [6, 6.07) is 5.01. The van der Waals surface area contributed by atoms with Crippen molar-refractivity contribution in [3.05, 3.63) is 34.4 Å². The number of hydrogen-bond acceptors (Lipinski definition) is 5. The number of hydrogen-bond donors (Lipinski definition) is 1. The Kier molecular flexibility index (Phi) is 4.36. The molecule has 1 aliphatic heterocycles. The lowest BCUT2D eigenvalue weighted by Crippen LogP contribution is -2.30. The molecule has 8 heteroatoms. The van der Waals surface area contributed by atoms with E-state index in [9.17, 15) is 18.5 Å². The van der Waals surface area contributed by atoms with Gasteiger partial charge in [0.25, 0.3) is 5.69 Å². The summed E-state index contributed by atoms with van der Waals surface area (Å²) < 4.78 is 26.2. The van der Waals surface area contributed by atoms with Crippen LogP contribution in [0.2, 0.25) is 0 Å². The average Bonchev–Trinajstić information content (AvgIpc) is 2.88. The molecule has 1 fully saturated rings. The van der Waals surface area contributed by atoms with Crippen LogP contribution in [0.5, 0.6) is 0 Å². The fourth-order valence-corrected chi connectivity index (χ4v) is 3.89.